The zero-order chi connectivity index (χ0) is 11.3. The second-order valence-electron chi connectivity index (χ2n) is 4.39. The Morgan fingerprint density at radius 1 is 1.07 bits per heavy atom. The van der Waals surface area contributed by atoms with Crippen molar-refractivity contribution in [2.75, 3.05) is 0 Å². The summed E-state index contributed by atoms with van der Waals surface area (Å²) in [5, 5.41) is 0. The molecule has 0 aliphatic heterocycles. The van der Waals surface area contributed by atoms with E-state index in [1.165, 1.54) is 0 Å². The molecule has 1 rings (SSSR count). The normalized spacial score (nSPS) is 30.5. The molecule has 0 radical (unpaired) electrons. The van der Waals surface area contributed by atoms with Crippen molar-refractivity contribution in [1.29, 1.82) is 0 Å². The Kier molecular flexibility index (Phi) is 4.41. The number of isocyanates is 2. The molecule has 0 aromatic heterocycles. The van der Waals surface area contributed by atoms with Gasteiger partial charge in [-0.2, -0.15) is 0 Å². The van der Waals surface area contributed by atoms with Crippen LogP contribution >= 0.6 is 0 Å². The van der Waals surface area contributed by atoms with Crippen LogP contribution in [0.3, 0.4) is 0 Å². The lowest BCUT2D eigenvalue weighted by Crippen LogP contribution is -2.33. The fraction of sp³-hybridized carbons (Fsp3) is 0.818. The summed E-state index contributed by atoms with van der Waals surface area (Å²) >= 11 is 0. The molecule has 0 bridgehead atoms. The Morgan fingerprint density at radius 2 is 1.67 bits per heavy atom. The van der Waals surface area contributed by atoms with E-state index in [-0.39, 0.29) is 12.1 Å². The predicted molar refractivity (Wildman–Crippen MR) is 56.0 cm³/mol. The third-order valence-corrected chi connectivity index (χ3v) is 3.20. The van der Waals surface area contributed by atoms with Crippen molar-refractivity contribution < 1.29 is 9.59 Å². The SMILES string of the molecule is CC(C)C1CCC(N=C=O)C(N=C=O)C1. The van der Waals surface area contributed by atoms with Gasteiger partial charge in [0.25, 0.3) is 0 Å². The molecule has 0 N–H and O–H groups in total. The van der Waals surface area contributed by atoms with E-state index in [1.54, 1.807) is 12.2 Å². The van der Waals surface area contributed by atoms with Crippen LogP contribution in [0.25, 0.3) is 0 Å². The molecule has 1 saturated carbocycles. The fourth-order valence-corrected chi connectivity index (χ4v) is 2.19. The lowest BCUT2D eigenvalue weighted by Gasteiger charge is -2.32. The highest BCUT2D eigenvalue weighted by molar-refractivity contribution is 5.36. The summed E-state index contributed by atoms with van der Waals surface area (Å²) in [5.74, 6) is 1.14. The minimum atomic E-state index is -0.176. The number of hydrogen-bond donors (Lipinski definition) is 0. The second kappa shape index (κ2) is 5.59. The van der Waals surface area contributed by atoms with Crippen LogP contribution in [0, 0.1) is 11.8 Å². The summed E-state index contributed by atoms with van der Waals surface area (Å²) in [6.45, 7) is 4.32. The van der Waals surface area contributed by atoms with Crippen LogP contribution in [0.2, 0.25) is 0 Å². The van der Waals surface area contributed by atoms with Crippen LogP contribution in [0.4, 0.5) is 0 Å². The van der Waals surface area contributed by atoms with Crippen molar-refractivity contribution in [1.82, 2.24) is 0 Å². The van der Waals surface area contributed by atoms with Gasteiger partial charge in [0.15, 0.2) is 0 Å². The molecule has 0 heterocycles. The van der Waals surface area contributed by atoms with Gasteiger partial charge in [-0.05, 0) is 31.1 Å². The molecule has 1 fully saturated rings. The van der Waals surface area contributed by atoms with Crippen molar-refractivity contribution in [3.05, 3.63) is 0 Å². The second-order valence-corrected chi connectivity index (χ2v) is 4.39. The molecule has 0 spiro atoms. The lowest BCUT2D eigenvalue weighted by molar-refractivity contribution is 0.235. The molecule has 82 valence electrons. The molecule has 4 heteroatoms. The standard InChI is InChI=1S/C11H16N2O2/c1-8(2)9-3-4-10(12-6-14)11(5-9)13-7-15/h8-11H,3-5H2,1-2H3. The van der Waals surface area contributed by atoms with Crippen molar-refractivity contribution in [2.24, 2.45) is 21.8 Å². The van der Waals surface area contributed by atoms with E-state index in [0.717, 1.165) is 19.3 Å². The molecule has 0 amide bonds. The Labute approximate surface area is 89.5 Å². The number of rotatable bonds is 3. The van der Waals surface area contributed by atoms with E-state index in [0.29, 0.717) is 11.8 Å². The average molecular weight is 208 g/mol. The Balaban J connectivity index is 2.72. The summed E-state index contributed by atoms with van der Waals surface area (Å²) in [7, 11) is 0. The Morgan fingerprint density at radius 3 is 2.20 bits per heavy atom. The van der Waals surface area contributed by atoms with Crippen LogP contribution in [0.5, 0.6) is 0 Å². The Bertz CT molecular complexity index is 302. The lowest BCUT2D eigenvalue weighted by atomic mass is 9.77. The van der Waals surface area contributed by atoms with E-state index in [2.05, 4.69) is 23.8 Å². The van der Waals surface area contributed by atoms with Gasteiger partial charge in [-0.25, -0.2) is 19.6 Å². The summed E-state index contributed by atoms with van der Waals surface area (Å²) in [6.07, 6.45) is 5.80. The minimum absolute atomic E-state index is 0.168. The van der Waals surface area contributed by atoms with Gasteiger partial charge in [-0.1, -0.05) is 13.8 Å². The van der Waals surface area contributed by atoms with Gasteiger partial charge in [0, 0.05) is 0 Å². The van der Waals surface area contributed by atoms with Crippen molar-refractivity contribution in [2.45, 2.75) is 45.2 Å². The van der Waals surface area contributed by atoms with Crippen LogP contribution in [-0.2, 0) is 9.59 Å². The molecule has 0 aromatic carbocycles. The monoisotopic (exact) mass is 208 g/mol. The number of aliphatic imine (C=N–C) groups is 2. The molecular weight excluding hydrogens is 192 g/mol. The van der Waals surface area contributed by atoms with Crippen molar-refractivity contribution in [3.8, 4) is 0 Å². The highest BCUT2D eigenvalue weighted by Crippen LogP contribution is 2.32. The number of nitrogens with zero attached hydrogens (tertiary/aromatic N) is 2. The molecule has 0 saturated heterocycles. The van der Waals surface area contributed by atoms with Crippen LogP contribution in [-0.4, -0.2) is 24.2 Å². The first-order valence-electron chi connectivity index (χ1n) is 5.33. The number of carbonyl (C=O) groups excluding carboxylic acids is 2. The quantitative estimate of drug-likeness (QED) is 0.525. The van der Waals surface area contributed by atoms with E-state index in [1.807, 2.05) is 0 Å². The first-order valence-corrected chi connectivity index (χ1v) is 5.33. The van der Waals surface area contributed by atoms with Crippen LogP contribution in [0.15, 0.2) is 9.98 Å². The van der Waals surface area contributed by atoms with E-state index < -0.39 is 0 Å². The number of hydrogen-bond acceptors (Lipinski definition) is 4. The first-order chi connectivity index (χ1) is 7.19. The van der Waals surface area contributed by atoms with Gasteiger partial charge in [0.1, 0.15) is 0 Å². The van der Waals surface area contributed by atoms with Gasteiger partial charge >= 0.3 is 0 Å². The largest absolute Gasteiger partial charge is 0.235 e. The van der Waals surface area contributed by atoms with Gasteiger partial charge in [-0.3, -0.25) is 0 Å². The molecule has 4 nitrogen and oxygen atoms in total. The maximum Gasteiger partial charge on any atom is 0.235 e. The van der Waals surface area contributed by atoms with E-state index >= 15 is 0 Å². The summed E-state index contributed by atoms with van der Waals surface area (Å²) < 4.78 is 0. The molecule has 3 atom stereocenters. The summed E-state index contributed by atoms with van der Waals surface area (Å²) in [4.78, 5) is 27.9. The minimum Gasteiger partial charge on any atom is -0.211 e. The van der Waals surface area contributed by atoms with Gasteiger partial charge < -0.3 is 0 Å². The average Bonchev–Trinajstić information content (AvgIpc) is 2.21. The summed E-state index contributed by atoms with van der Waals surface area (Å²) in [5.41, 5.74) is 0. The predicted octanol–water partition coefficient (Wildman–Crippen LogP) is 1.85. The van der Waals surface area contributed by atoms with Gasteiger partial charge in [-0.15, -0.1) is 0 Å². The molecule has 15 heavy (non-hydrogen) atoms. The van der Waals surface area contributed by atoms with Gasteiger partial charge in [0.05, 0.1) is 12.1 Å². The van der Waals surface area contributed by atoms with Crippen molar-refractivity contribution in [3.63, 3.8) is 0 Å². The maximum atomic E-state index is 10.3. The highest BCUT2D eigenvalue weighted by Gasteiger charge is 2.31. The third kappa shape index (κ3) is 3.12. The maximum absolute atomic E-state index is 10.3. The fourth-order valence-electron chi connectivity index (χ4n) is 2.19. The Hall–Kier alpha value is -1.24. The topological polar surface area (TPSA) is 58.9 Å². The molecule has 0 aromatic rings. The zero-order valence-electron chi connectivity index (χ0n) is 9.14. The third-order valence-electron chi connectivity index (χ3n) is 3.20. The van der Waals surface area contributed by atoms with Crippen LogP contribution < -0.4 is 0 Å². The molecule has 1 aliphatic rings. The molecule has 1 aliphatic carbocycles. The van der Waals surface area contributed by atoms with Crippen molar-refractivity contribution >= 4 is 12.2 Å². The smallest absolute Gasteiger partial charge is 0.211 e. The molecular formula is C11H16N2O2. The van der Waals surface area contributed by atoms with Gasteiger partial charge in [0.2, 0.25) is 12.2 Å². The summed E-state index contributed by atoms with van der Waals surface area (Å²) in [6, 6.07) is -0.343. The van der Waals surface area contributed by atoms with Crippen LogP contribution in [0.1, 0.15) is 33.1 Å². The first kappa shape index (κ1) is 11.8. The highest BCUT2D eigenvalue weighted by atomic mass is 16.1. The zero-order valence-corrected chi connectivity index (χ0v) is 9.14. The molecule has 3 unspecified atom stereocenters. The van der Waals surface area contributed by atoms with E-state index in [4.69, 9.17) is 0 Å². The van der Waals surface area contributed by atoms with E-state index in [9.17, 15) is 9.59 Å².